The Bertz CT molecular complexity index is 580. The number of ether oxygens (including phenoxy) is 1. The van der Waals surface area contributed by atoms with E-state index in [-0.39, 0.29) is 12.4 Å². The van der Waals surface area contributed by atoms with Gasteiger partial charge in [0.1, 0.15) is 23.7 Å². The standard InChI is InChI=1S/C12H11FN2O3/c1-15-7-14-5-8(15)6-18-10-4-2-3-9(13)11(10)12(16)17/h2-5,7H,6H2,1H3,(H,16,17). The Balaban J connectivity index is 2.22. The third-order valence-electron chi connectivity index (χ3n) is 2.48. The summed E-state index contributed by atoms with van der Waals surface area (Å²) in [5.41, 5.74) is 0.301. The SMILES string of the molecule is Cn1cncc1COc1cccc(F)c1C(=O)O. The Morgan fingerprint density at radius 2 is 2.33 bits per heavy atom. The molecule has 0 fully saturated rings. The highest BCUT2D eigenvalue weighted by Gasteiger charge is 2.17. The molecule has 1 N–H and O–H groups in total. The molecule has 94 valence electrons. The third kappa shape index (κ3) is 2.32. The van der Waals surface area contributed by atoms with Gasteiger partial charge in [0.2, 0.25) is 0 Å². The van der Waals surface area contributed by atoms with Crippen LogP contribution in [-0.4, -0.2) is 20.6 Å². The summed E-state index contributed by atoms with van der Waals surface area (Å²) >= 11 is 0. The topological polar surface area (TPSA) is 64.4 Å². The summed E-state index contributed by atoms with van der Waals surface area (Å²) in [4.78, 5) is 14.8. The van der Waals surface area contributed by atoms with E-state index in [1.807, 2.05) is 0 Å². The van der Waals surface area contributed by atoms with Gasteiger partial charge in [0, 0.05) is 7.05 Å². The zero-order valence-electron chi connectivity index (χ0n) is 9.63. The van der Waals surface area contributed by atoms with E-state index in [0.717, 1.165) is 11.8 Å². The molecule has 5 nitrogen and oxygen atoms in total. The molecule has 2 aromatic rings. The highest BCUT2D eigenvalue weighted by molar-refractivity contribution is 5.91. The molecule has 0 saturated heterocycles. The Morgan fingerprint density at radius 3 is 2.94 bits per heavy atom. The van der Waals surface area contributed by atoms with Gasteiger partial charge in [0.05, 0.1) is 18.2 Å². The van der Waals surface area contributed by atoms with Gasteiger partial charge in [-0.1, -0.05) is 6.07 Å². The van der Waals surface area contributed by atoms with Crippen LogP contribution in [-0.2, 0) is 13.7 Å². The second kappa shape index (κ2) is 4.87. The number of benzene rings is 1. The number of nitrogens with zero attached hydrogens (tertiary/aromatic N) is 2. The summed E-state index contributed by atoms with van der Waals surface area (Å²) in [7, 11) is 1.79. The fourth-order valence-corrected chi connectivity index (χ4v) is 1.51. The van der Waals surface area contributed by atoms with Crippen LogP contribution in [0.4, 0.5) is 4.39 Å². The van der Waals surface area contributed by atoms with E-state index in [9.17, 15) is 9.18 Å². The second-order valence-corrected chi connectivity index (χ2v) is 3.70. The van der Waals surface area contributed by atoms with Crippen LogP contribution < -0.4 is 4.74 Å². The summed E-state index contributed by atoms with van der Waals surface area (Å²) in [6, 6.07) is 3.91. The highest BCUT2D eigenvalue weighted by atomic mass is 19.1. The number of carbonyl (C=O) groups is 1. The average Bonchev–Trinajstić information content (AvgIpc) is 2.71. The van der Waals surface area contributed by atoms with E-state index in [1.165, 1.54) is 12.1 Å². The minimum atomic E-state index is -1.35. The molecule has 0 radical (unpaired) electrons. The van der Waals surface area contributed by atoms with Gasteiger partial charge < -0.3 is 14.4 Å². The van der Waals surface area contributed by atoms with Gasteiger partial charge >= 0.3 is 5.97 Å². The van der Waals surface area contributed by atoms with Crippen LogP contribution in [0.3, 0.4) is 0 Å². The molecular formula is C12H11FN2O3. The third-order valence-corrected chi connectivity index (χ3v) is 2.48. The molecule has 0 saturated carbocycles. The summed E-state index contributed by atoms with van der Waals surface area (Å²) in [6.45, 7) is 0.125. The predicted octanol–water partition coefficient (Wildman–Crippen LogP) is 1.84. The lowest BCUT2D eigenvalue weighted by Crippen LogP contribution is -2.07. The van der Waals surface area contributed by atoms with Gasteiger partial charge in [-0.2, -0.15) is 0 Å². The number of imidazole rings is 1. The Kier molecular flexibility index (Phi) is 3.27. The molecule has 0 aliphatic heterocycles. The van der Waals surface area contributed by atoms with Crippen molar-refractivity contribution >= 4 is 5.97 Å². The van der Waals surface area contributed by atoms with Crippen LogP contribution in [0, 0.1) is 5.82 Å². The molecule has 18 heavy (non-hydrogen) atoms. The van der Waals surface area contributed by atoms with Gasteiger partial charge in [-0.05, 0) is 12.1 Å². The first-order chi connectivity index (χ1) is 8.59. The first-order valence-corrected chi connectivity index (χ1v) is 5.19. The van der Waals surface area contributed by atoms with Crippen LogP contribution in [0.2, 0.25) is 0 Å². The van der Waals surface area contributed by atoms with Crippen molar-refractivity contribution in [2.24, 2.45) is 7.05 Å². The van der Waals surface area contributed by atoms with E-state index >= 15 is 0 Å². The largest absolute Gasteiger partial charge is 0.486 e. The number of rotatable bonds is 4. The minimum Gasteiger partial charge on any atom is -0.486 e. The molecular weight excluding hydrogens is 239 g/mol. The molecule has 0 aliphatic carbocycles. The Labute approximate surface area is 102 Å². The molecule has 0 unspecified atom stereocenters. The predicted molar refractivity (Wildman–Crippen MR) is 60.9 cm³/mol. The van der Waals surface area contributed by atoms with Crippen molar-refractivity contribution in [1.82, 2.24) is 9.55 Å². The molecule has 0 atom stereocenters. The first kappa shape index (κ1) is 12.1. The summed E-state index contributed by atoms with van der Waals surface area (Å²) in [5, 5.41) is 8.92. The van der Waals surface area contributed by atoms with Crippen molar-refractivity contribution in [3.63, 3.8) is 0 Å². The maximum absolute atomic E-state index is 13.4. The van der Waals surface area contributed by atoms with Gasteiger partial charge in [-0.25, -0.2) is 14.2 Å². The highest BCUT2D eigenvalue weighted by Crippen LogP contribution is 2.22. The second-order valence-electron chi connectivity index (χ2n) is 3.70. The molecule has 1 aromatic carbocycles. The van der Waals surface area contributed by atoms with Gasteiger partial charge in [0.25, 0.3) is 0 Å². The number of carboxylic acid groups (broad SMARTS) is 1. The van der Waals surface area contributed by atoms with Crippen molar-refractivity contribution in [3.8, 4) is 5.75 Å². The summed E-state index contributed by atoms with van der Waals surface area (Å²) in [6.07, 6.45) is 3.20. The van der Waals surface area contributed by atoms with E-state index in [0.29, 0.717) is 0 Å². The fourth-order valence-electron chi connectivity index (χ4n) is 1.51. The molecule has 0 bridgehead atoms. The number of hydrogen-bond acceptors (Lipinski definition) is 3. The van der Waals surface area contributed by atoms with Crippen molar-refractivity contribution in [1.29, 1.82) is 0 Å². The number of hydrogen-bond donors (Lipinski definition) is 1. The van der Waals surface area contributed by atoms with Crippen molar-refractivity contribution in [3.05, 3.63) is 47.8 Å². The molecule has 1 aromatic heterocycles. The zero-order chi connectivity index (χ0) is 13.1. The quantitative estimate of drug-likeness (QED) is 0.899. The van der Waals surface area contributed by atoms with E-state index in [4.69, 9.17) is 9.84 Å². The van der Waals surface area contributed by atoms with Gasteiger partial charge in [-0.3, -0.25) is 0 Å². The van der Waals surface area contributed by atoms with Crippen molar-refractivity contribution in [2.75, 3.05) is 0 Å². The lowest BCUT2D eigenvalue weighted by Gasteiger charge is -2.09. The number of halogens is 1. The normalized spacial score (nSPS) is 10.3. The van der Waals surface area contributed by atoms with Crippen molar-refractivity contribution in [2.45, 2.75) is 6.61 Å². The smallest absolute Gasteiger partial charge is 0.342 e. The average molecular weight is 250 g/mol. The number of carboxylic acids is 1. The molecule has 2 rings (SSSR count). The molecule has 0 amide bonds. The Morgan fingerprint density at radius 1 is 1.56 bits per heavy atom. The molecule has 0 aliphatic rings. The number of aromatic carboxylic acids is 1. The Hall–Kier alpha value is -2.37. The first-order valence-electron chi connectivity index (χ1n) is 5.19. The van der Waals surface area contributed by atoms with Gasteiger partial charge in [-0.15, -0.1) is 0 Å². The van der Waals surface area contributed by atoms with Crippen molar-refractivity contribution < 1.29 is 19.0 Å². The monoisotopic (exact) mass is 250 g/mol. The molecule has 1 heterocycles. The lowest BCUT2D eigenvalue weighted by molar-refractivity contribution is 0.0686. The van der Waals surface area contributed by atoms with Crippen LogP contribution >= 0.6 is 0 Å². The van der Waals surface area contributed by atoms with E-state index in [1.54, 1.807) is 24.1 Å². The molecule has 0 spiro atoms. The van der Waals surface area contributed by atoms with E-state index in [2.05, 4.69) is 4.98 Å². The van der Waals surface area contributed by atoms with Crippen LogP contribution in [0.5, 0.6) is 5.75 Å². The fraction of sp³-hybridized carbons (Fsp3) is 0.167. The number of aromatic nitrogens is 2. The maximum atomic E-state index is 13.4. The van der Waals surface area contributed by atoms with Crippen LogP contribution in [0.15, 0.2) is 30.7 Å². The van der Waals surface area contributed by atoms with Crippen LogP contribution in [0.1, 0.15) is 16.1 Å². The summed E-state index contributed by atoms with van der Waals surface area (Å²) < 4.78 is 20.4. The zero-order valence-corrected chi connectivity index (χ0v) is 9.63. The van der Waals surface area contributed by atoms with Crippen LogP contribution in [0.25, 0.3) is 0 Å². The number of aryl methyl sites for hydroxylation is 1. The maximum Gasteiger partial charge on any atom is 0.342 e. The van der Waals surface area contributed by atoms with E-state index < -0.39 is 17.3 Å². The molecule has 6 heteroatoms. The lowest BCUT2D eigenvalue weighted by atomic mass is 10.2. The minimum absolute atomic E-state index is 0.00343. The summed E-state index contributed by atoms with van der Waals surface area (Å²) in [5.74, 6) is -2.16. The van der Waals surface area contributed by atoms with Gasteiger partial charge in [0.15, 0.2) is 0 Å².